The van der Waals surface area contributed by atoms with Crippen molar-refractivity contribution in [3.8, 4) is 5.75 Å². The summed E-state index contributed by atoms with van der Waals surface area (Å²) in [6, 6.07) is 6.13. The quantitative estimate of drug-likeness (QED) is 0.851. The van der Waals surface area contributed by atoms with E-state index >= 15 is 0 Å². The average molecular weight is 356 g/mol. The van der Waals surface area contributed by atoms with Gasteiger partial charge in [0.2, 0.25) is 5.91 Å². The highest BCUT2D eigenvalue weighted by molar-refractivity contribution is 5.83. The molecule has 2 saturated carbocycles. The van der Waals surface area contributed by atoms with Crippen LogP contribution in [0, 0.1) is 11.8 Å². The zero-order valence-corrected chi connectivity index (χ0v) is 13.9. The zero-order chi connectivity index (χ0) is 18.0. The second-order valence-corrected chi connectivity index (χ2v) is 6.93. The van der Waals surface area contributed by atoms with E-state index in [4.69, 9.17) is 5.73 Å². The van der Waals surface area contributed by atoms with Gasteiger partial charge in [0.1, 0.15) is 5.75 Å². The third-order valence-electron chi connectivity index (χ3n) is 5.21. The first kappa shape index (κ1) is 18.0. The summed E-state index contributed by atoms with van der Waals surface area (Å²) in [5.41, 5.74) is 6.23. The fraction of sp³-hybridized carbons (Fsp3) is 0.611. The van der Waals surface area contributed by atoms with Gasteiger partial charge in [-0.1, -0.05) is 31.0 Å². The molecule has 138 valence electrons. The van der Waals surface area contributed by atoms with Gasteiger partial charge in [-0.25, -0.2) is 0 Å². The molecule has 1 aromatic rings. The molecule has 4 unspecified atom stereocenters. The number of carbonyl (C=O) groups excluding carboxylic acids is 1. The van der Waals surface area contributed by atoms with E-state index < -0.39 is 6.36 Å². The molecular weight excluding hydrogens is 333 g/mol. The molecule has 4 nitrogen and oxygen atoms in total. The van der Waals surface area contributed by atoms with Crippen molar-refractivity contribution in [2.45, 2.75) is 50.4 Å². The smallest absolute Gasteiger partial charge is 0.405 e. The van der Waals surface area contributed by atoms with Crippen LogP contribution in [0.5, 0.6) is 5.75 Å². The molecule has 7 heteroatoms. The SMILES string of the molecule is NCC1CCCCC1NC(=O)C1CC1c1ccccc1OC(F)(F)F. The summed E-state index contributed by atoms with van der Waals surface area (Å²) in [5.74, 6) is -0.530. The number of nitrogens with two attached hydrogens (primary N) is 1. The van der Waals surface area contributed by atoms with E-state index in [9.17, 15) is 18.0 Å². The first-order valence-corrected chi connectivity index (χ1v) is 8.74. The zero-order valence-electron chi connectivity index (χ0n) is 13.9. The number of alkyl halides is 3. The lowest BCUT2D eigenvalue weighted by atomic mass is 9.84. The van der Waals surface area contributed by atoms with Gasteiger partial charge in [0.05, 0.1) is 0 Å². The van der Waals surface area contributed by atoms with Crippen LogP contribution in [-0.2, 0) is 4.79 Å². The summed E-state index contributed by atoms with van der Waals surface area (Å²) in [6.45, 7) is 0.543. The lowest BCUT2D eigenvalue weighted by molar-refractivity contribution is -0.274. The van der Waals surface area contributed by atoms with Crippen molar-refractivity contribution in [2.75, 3.05) is 6.54 Å². The minimum Gasteiger partial charge on any atom is -0.405 e. The molecule has 3 rings (SSSR count). The molecule has 0 aromatic heterocycles. The van der Waals surface area contributed by atoms with E-state index in [1.807, 2.05) is 0 Å². The number of carbonyl (C=O) groups is 1. The van der Waals surface area contributed by atoms with Gasteiger partial charge in [-0.05, 0) is 49.3 Å². The fourth-order valence-corrected chi connectivity index (χ4v) is 3.80. The largest absolute Gasteiger partial charge is 0.573 e. The first-order valence-electron chi connectivity index (χ1n) is 8.74. The summed E-state index contributed by atoms with van der Waals surface area (Å²) in [6.07, 6.45) is -0.0694. The molecule has 2 fully saturated rings. The predicted octanol–water partition coefficient (Wildman–Crippen LogP) is 3.32. The number of halogens is 3. The van der Waals surface area contributed by atoms with Gasteiger partial charge in [0, 0.05) is 12.0 Å². The summed E-state index contributed by atoms with van der Waals surface area (Å²) in [7, 11) is 0. The van der Waals surface area contributed by atoms with Crippen molar-refractivity contribution in [1.29, 1.82) is 0 Å². The molecule has 2 aliphatic carbocycles. The van der Waals surface area contributed by atoms with E-state index in [-0.39, 0.29) is 35.5 Å². The van der Waals surface area contributed by atoms with Crippen LogP contribution in [0.25, 0.3) is 0 Å². The predicted molar refractivity (Wildman–Crippen MR) is 86.9 cm³/mol. The normalized spacial score (nSPS) is 29.1. The molecule has 25 heavy (non-hydrogen) atoms. The van der Waals surface area contributed by atoms with Gasteiger partial charge in [-0.3, -0.25) is 4.79 Å². The minimum atomic E-state index is -4.74. The molecule has 0 spiro atoms. The summed E-state index contributed by atoms with van der Waals surface area (Å²) in [5, 5.41) is 3.07. The first-order chi connectivity index (χ1) is 11.9. The van der Waals surface area contributed by atoms with Gasteiger partial charge in [-0.15, -0.1) is 13.2 Å². The van der Waals surface area contributed by atoms with Crippen molar-refractivity contribution in [3.05, 3.63) is 29.8 Å². The number of hydrogen-bond acceptors (Lipinski definition) is 3. The lowest BCUT2D eigenvalue weighted by Crippen LogP contribution is -2.45. The van der Waals surface area contributed by atoms with Crippen molar-refractivity contribution >= 4 is 5.91 Å². The summed E-state index contributed by atoms with van der Waals surface area (Å²) < 4.78 is 41.7. The van der Waals surface area contributed by atoms with E-state index in [1.54, 1.807) is 12.1 Å². The van der Waals surface area contributed by atoms with E-state index in [0.29, 0.717) is 18.5 Å². The third-order valence-corrected chi connectivity index (χ3v) is 5.21. The molecular formula is C18H23F3N2O2. The molecule has 2 aliphatic rings. The molecule has 0 saturated heterocycles. The van der Waals surface area contributed by atoms with Crippen LogP contribution in [0.15, 0.2) is 24.3 Å². The van der Waals surface area contributed by atoms with Crippen LogP contribution in [-0.4, -0.2) is 24.9 Å². The van der Waals surface area contributed by atoms with Crippen molar-refractivity contribution in [1.82, 2.24) is 5.32 Å². The molecule has 0 bridgehead atoms. The Labute approximate surface area is 144 Å². The molecule has 3 N–H and O–H groups in total. The highest BCUT2D eigenvalue weighted by Gasteiger charge is 2.47. The number of para-hydroxylation sites is 1. The number of benzene rings is 1. The Hall–Kier alpha value is -1.76. The molecule has 0 radical (unpaired) electrons. The highest BCUT2D eigenvalue weighted by atomic mass is 19.4. The lowest BCUT2D eigenvalue weighted by Gasteiger charge is -2.31. The van der Waals surface area contributed by atoms with Crippen molar-refractivity contribution in [3.63, 3.8) is 0 Å². The number of nitrogens with one attached hydrogen (secondary N) is 1. The average Bonchev–Trinajstić information content (AvgIpc) is 3.35. The molecule has 0 aliphatic heterocycles. The van der Waals surface area contributed by atoms with Crippen LogP contribution >= 0.6 is 0 Å². The minimum absolute atomic E-state index is 0.0779. The summed E-state index contributed by atoms with van der Waals surface area (Å²) in [4.78, 5) is 12.5. The van der Waals surface area contributed by atoms with Gasteiger partial charge in [-0.2, -0.15) is 0 Å². The van der Waals surface area contributed by atoms with Gasteiger partial charge in [0.25, 0.3) is 0 Å². The maximum Gasteiger partial charge on any atom is 0.573 e. The second kappa shape index (κ2) is 7.23. The number of rotatable bonds is 5. The Balaban J connectivity index is 1.63. The van der Waals surface area contributed by atoms with Crippen molar-refractivity contribution in [2.24, 2.45) is 17.6 Å². The van der Waals surface area contributed by atoms with Crippen LogP contribution < -0.4 is 15.8 Å². The van der Waals surface area contributed by atoms with Crippen LogP contribution in [0.4, 0.5) is 13.2 Å². The fourth-order valence-electron chi connectivity index (χ4n) is 3.80. The molecule has 0 heterocycles. The maximum atomic E-state index is 12.5. The van der Waals surface area contributed by atoms with Gasteiger partial charge >= 0.3 is 6.36 Å². The summed E-state index contributed by atoms with van der Waals surface area (Å²) >= 11 is 0. The number of hydrogen-bond donors (Lipinski definition) is 2. The Bertz CT molecular complexity index is 621. The Morgan fingerprint density at radius 2 is 1.96 bits per heavy atom. The van der Waals surface area contributed by atoms with E-state index in [1.165, 1.54) is 12.1 Å². The monoisotopic (exact) mass is 356 g/mol. The second-order valence-electron chi connectivity index (χ2n) is 6.93. The van der Waals surface area contributed by atoms with E-state index in [2.05, 4.69) is 10.1 Å². The Morgan fingerprint density at radius 3 is 2.68 bits per heavy atom. The van der Waals surface area contributed by atoms with Gasteiger partial charge in [0.15, 0.2) is 0 Å². The number of ether oxygens (including phenoxy) is 1. The van der Waals surface area contributed by atoms with Crippen LogP contribution in [0.1, 0.15) is 43.6 Å². The number of amides is 1. The van der Waals surface area contributed by atoms with Crippen LogP contribution in [0.2, 0.25) is 0 Å². The van der Waals surface area contributed by atoms with E-state index in [0.717, 1.165) is 25.7 Å². The standard InChI is InChI=1S/C18H23F3N2O2/c19-18(20,21)25-16-8-4-2-6-12(16)13-9-14(13)17(24)23-15-7-3-1-5-11(15)10-22/h2,4,6,8,11,13-15H,1,3,5,7,9-10,22H2,(H,23,24). The molecule has 1 aromatic carbocycles. The van der Waals surface area contributed by atoms with Crippen molar-refractivity contribution < 1.29 is 22.7 Å². The maximum absolute atomic E-state index is 12.5. The highest BCUT2D eigenvalue weighted by Crippen LogP contribution is 2.51. The topological polar surface area (TPSA) is 64.3 Å². The Kier molecular flexibility index (Phi) is 5.22. The molecule has 1 amide bonds. The third kappa shape index (κ3) is 4.45. The van der Waals surface area contributed by atoms with Crippen LogP contribution in [0.3, 0.4) is 0 Å². The Morgan fingerprint density at radius 1 is 1.24 bits per heavy atom. The molecule has 4 atom stereocenters. The van der Waals surface area contributed by atoms with Gasteiger partial charge < -0.3 is 15.8 Å².